The van der Waals surface area contributed by atoms with Gasteiger partial charge in [0.2, 0.25) is 5.95 Å². The number of hydrogen-bond donors (Lipinski definition) is 1. The Morgan fingerprint density at radius 3 is 2.64 bits per heavy atom. The molecule has 36 heavy (non-hydrogen) atoms. The highest BCUT2D eigenvalue weighted by Gasteiger charge is 2.31. The molecule has 1 unspecified atom stereocenters. The van der Waals surface area contributed by atoms with Crippen LogP contribution in [0.5, 0.6) is 0 Å². The zero-order chi connectivity index (χ0) is 24.1. The van der Waals surface area contributed by atoms with Crippen LogP contribution in [0.3, 0.4) is 0 Å². The number of nitrogens with one attached hydrogen (secondary N) is 1. The number of rotatable bonds is 6. The molecule has 1 atom stereocenters. The smallest absolute Gasteiger partial charge is 0.223 e. The van der Waals surface area contributed by atoms with Crippen molar-refractivity contribution in [2.45, 2.75) is 50.7 Å². The number of aryl methyl sites for hydroxylation is 1. The lowest BCUT2D eigenvalue weighted by atomic mass is 9.93. The molecule has 0 bridgehead atoms. The molecule has 2 aliphatic rings. The van der Waals surface area contributed by atoms with Crippen LogP contribution in [0.1, 0.15) is 37.5 Å². The van der Waals surface area contributed by atoms with Crippen molar-refractivity contribution in [2.24, 2.45) is 0 Å². The van der Waals surface area contributed by atoms with E-state index in [9.17, 15) is 4.39 Å². The molecule has 7 heteroatoms. The second-order valence-electron chi connectivity index (χ2n) is 9.86. The Labute approximate surface area is 208 Å². The third-order valence-corrected chi connectivity index (χ3v) is 7.59. The van der Waals surface area contributed by atoms with Crippen molar-refractivity contribution >= 4 is 16.9 Å². The summed E-state index contributed by atoms with van der Waals surface area (Å²) in [5.41, 5.74) is 4.80. The fraction of sp³-hybridized carbons (Fsp3) is 0.276. The molecule has 180 valence electrons. The van der Waals surface area contributed by atoms with E-state index in [2.05, 4.69) is 56.0 Å². The van der Waals surface area contributed by atoms with Crippen molar-refractivity contribution in [3.05, 3.63) is 84.7 Å². The number of hydrogen-bond acceptors (Lipinski definition) is 4. The van der Waals surface area contributed by atoms with Crippen LogP contribution in [0.2, 0.25) is 0 Å². The van der Waals surface area contributed by atoms with Gasteiger partial charge >= 0.3 is 0 Å². The van der Waals surface area contributed by atoms with Crippen molar-refractivity contribution in [3.8, 4) is 22.6 Å². The van der Waals surface area contributed by atoms with Crippen LogP contribution in [0, 0.1) is 5.82 Å². The highest BCUT2D eigenvalue weighted by Crippen LogP contribution is 2.40. The summed E-state index contributed by atoms with van der Waals surface area (Å²) in [6.45, 7) is 0.852. The van der Waals surface area contributed by atoms with Crippen molar-refractivity contribution in [2.75, 3.05) is 5.32 Å². The maximum Gasteiger partial charge on any atom is 0.223 e. The van der Waals surface area contributed by atoms with E-state index in [0.717, 1.165) is 60.7 Å². The summed E-state index contributed by atoms with van der Waals surface area (Å²) >= 11 is 0. The summed E-state index contributed by atoms with van der Waals surface area (Å²) in [5, 5.41) is 4.72. The predicted molar refractivity (Wildman–Crippen MR) is 139 cm³/mol. The summed E-state index contributed by atoms with van der Waals surface area (Å²) in [5.74, 6) is 1.46. The van der Waals surface area contributed by atoms with Crippen LogP contribution in [-0.2, 0) is 13.0 Å². The minimum Gasteiger partial charge on any atom is -0.351 e. The summed E-state index contributed by atoms with van der Waals surface area (Å²) < 4.78 is 18.4. The van der Waals surface area contributed by atoms with Gasteiger partial charge in [-0.3, -0.25) is 0 Å². The molecule has 1 fully saturated rings. The predicted octanol–water partition coefficient (Wildman–Crippen LogP) is 6.25. The maximum atomic E-state index is 13.7. The highest BCUT2D eigenvalue weighted by atomic mass is 19.1. The number of aromatic nitrogens is 5. The fourth-order valence-electron chi connectivity index (χ4n) is 5.52. The lowest BCUT2D eigenvalue weighted by Crippen LogP contribution is -2.28. The van der Waals surface area contributed by atoms with E-state index in [0.29, 0.717) is 12.0 Å². The largest absolute Gasteiger partial charge is 0.351 e. The lowest BCUT2D eigenvalue weighted by Gasteiger charge is -2.26. The molecule has 4 heterocycles. The molecule has 7 rings (SSSR count). The average molecular weight is 479 g/mol. The summed E-state index contributed by atoms with van der Waals surface area (Å²) in [6, 6.07) is 19.9. The third-order valence-electron chi connectivity index (χ3n) is 7.59. The Balaban J connectivity index is 1.33. The monoisotopic (exact) mass is 478 g/mol. The van der Waals surface area contributed by atoms with E-state index >= 15 is 0 Å². The molecule has 0 radical (unpaired) electrons. The second-order valence-corrected chi connectivity index (χ2v) is 9.86. The van der Waals surface area contributed by atoms with Gasteiger partial charge in [0.15, 0.2) is 0 Å². The number of nitrogens with zero attached hydrogens (tertiary/aromatic N) is 5. The number of imidazole rings is 1. The van der Waals surface area contributed by atoms with Crippen LogP contribution in [0.15, 0.2) is 73.1 Å². The van der Waals surface area contributed by atoms with Crippen molar-refractivity contribution in [3.63, 3.8) is 0 Å². The van der Waals surface area contributed by atoms with Crippen LogP contribution in [-0.4, -0.2) is 30.1 Å². The van der Waals surface area contributed by atoms with E-state index in [1.54, 1.807) is 12.1 Å². The van der Waals surface area contributed by atoms with Gasteiger partial charge in [0, 0.05) is 42.5 Å². The van der Waals surface area contributed by atoms with Gasteiger partial charge in [0.05, 0.1) is 23.1 Å². The van der Waals surface area contributed by atoms with Gasteiger partial charge in [-0.1, -0.05) is 18.2 Å². The van der Waals surface area contributed by atoms with Gasteiger partial charge in [-0.25, -0.2) is 19.3 Å². The molecule has 5 aromatic rings. The molecule has 1 aliphatic heterocycles. The van der Waals surface area contributed by atoms with E-state index in [-0.39, 0.29) is 11.9 Å². The molecule has 1 saturated carbocycles. The second kappa shape index (κ2) is 8.59. The molecule has 3 aromatic heterocycles. The summed E-state index contributed by atoms with van der Waals surface area (Å²) in [6.07, 6.45) is 9.47. The number of anilines is 1. The van der Waals surface area contributed by atoms with Gasteiger partial charge < -0.3 is 14.5 Å². The fourth-order valence-corrected chi connectivity index (χ4v) is 5.52. The first kappa shape index (κ1) is 21.3. The average Bonchev–Trinajstić information content (AvgIpc) is 3.57. The quantitative estimate of drug-likeness (QED) is 0.313. The van der Waals surface area contributed by atoms with Crippen molar-refractivity contribution in [1.29, 1.82) is 0 Å². The van der Waals surface area contributed by atoms with Gasteiger partial charge in [-0.2, -0.15) is 0 Å². The zero-order valence-corrected chi connectivity index (χ0v) is 19.9. The zero-order valence-electron chi connectivity index (χ0n) is 19.9. The maximum absolute atomic E-state index is 13.7. The van der Waals surface area contributed by atoms with E-state index in [4.69, 9.17) is 9.97 Å². The first-order valence-corrected chi connectivity index (χ1v) is 12.7. The van der Waals surface area contributed by atoms with Crippen LogP contribution in [0.25, 0.3) is 33.5 Å². The van der Waals surface area contributed by atoms with Gasteiger partial charge in [0.25, 0.3) is 0 Å². The summed E-state index contributed by atoms with van der Waals surface area (Å²) in [7, 11) is 0. The Kier molecular flexibility index (Phi) is 5.08. The molecule has 0 saturated heterocycles. The van der Waals surface area contributed by atoms with Crippen molar-refractivity contribution < 1.29 is 4.39 Å². The Bertz CT molecular complexity index is 1550. The Morgan fingerprint density at radius 2 is 1.81 bits per heavy atom. The van der Waals surface area contributed by atoms with E-state index in [1.807, 2.05) is 12.3 Å². The van der Waals surface area contributed by atoms with Crippen LogP contribution >= 0.6 is 0 Å². The normalized spacial score (nSPS) is 17.3. The highest BCUT2D eigenvalue weighted by molar-refractivity contribution is 5.80. The van der Waals surface area contributed by atoms with Gasteiger partial charge in [0.1, 0.15) is 11.6 Å². The lowest BCUT2D eigenvalue weighted by molar-refractivity contribution is 0.443. The molecular weight excluding hydrogens is 451 g/mol. The topological polar surface area (TPSA) is 60.6 Å². The molecule has 6 nitrogen and oxygen atoms in total. The SMILES string of the molecule is Fc1ccc(-c2nc3n(c2-c2ccnc(NC4CCC4)n2)C(Cn2ccc4ccccc42)CC3)cc1. The molecular formula is C29H27FN6. The number of fused-ring (bicyclic) bond motifs is 2. The minimum atomic E-state index is -0.251. The van der Waals surface area contributed by atoms with E-state index in [1.165, 1.54) is 29.5 Å². The molecule has 0 amide bonds. The molecule has 0 spiro atoms. The third kappa shape index (κ3) is 3.66. The Morgan fingerprint density at radius 1 is 0.944 bits per heavy atom. The van der Waals surface area contributed by atoms with Gasteiger partial charge in [-0.05, 0) is 73.5 Å². The van der Waals surface area contributed by atoms with E-state index < -0.39 is 0 Å². The first-order valence-electron chi connectivity index (χ1n) is 12.7. The number of benzene rings is 2. The first-order chi connectivity index (χ1) is 17.7. The molecule has 2 aromatic carbocycles. The molecule has 1 N–H and O–H groups in total. The number of para-hydroxylation sites is 1. The van der Waals surface area contributed by atoms with Gasteiger partial charge in [-0.15, -0.1) is 0 Å². The standard InChI is InChI=1S/C29H27FN6/c30-21-10-8-20(9-11-21)27-28(24-14-16-31-29(33-24)32-22-5-3-6-22)36-23(12-13-26(36)34-27)18-35-17-15-19-4-1-2-7-25(19)35/h1-2,4,7-11,14-17,22-23H,3,5-6,12-13,18H2,(H,31,32,33). The van der Waals surface area contributed by atoms with Crippen molar-refractivity contribution in [1.82, 2.24) is 24.1 Å². The minimum absolute atomic E-state index is 0.241. The summed E-state index contributed by atoms with van der Waals surface area (Å²) in [4.78, 5) is 14.5. The molecule has 1 aliphatic carbocycles. The van der Waals surface area contributed by atoms with Crippen LogP contribution < -0.4 is 5.32 Å². The Hall–Kier alpha value is -4.00. The number of halogens is 1. The van der Waals surface area contributed by atoms with Crippen LogP contribution in [0.4, 0.5) is 10.3 Å².